The molecule has 3 rings (SSSR count). The highest BCUT2D eigenvalue weighted by atomic mass is 14.8. The van der Waals surface area contributed by atoms with Crippen LogP contribution in [0.3, 0.4) is 0 Å². The Morgan fingerprint density at radius 2 is 1.81 bits per heavy atom. The molecule has 0 aliphatic heterocycles. The maximum absolute atomic E-state index is 6.75. The van der Waals surface area contributed by atoms with Crippen LogP contribution in [0.1, 0.15) is 51.9 Å². The van der Waals surface area contributed by atoms with E-state index in [1.807, 2.05) is 0 Å². The second-order valence-electron chi connectivity index (χ2n) is 6.59. The fourth-order valence-electron chi connectivity index (χ4n) is 4.52. The van der Waals surface area contributed by atoms with Crippen molar-refractivity contribution in [3.05, 3.63) is 12.2 Å². The monoisotopic (exact) mass is 219 g/mol. The number of fused-ring (bicyclic) bond motifs is 2. The minimum atomic E-state index is 0.102. The van der Waals surface area contributed by atoms with Crippen LogP contribution in [0.25, 0.3) is 0 Å². The molecule has 0 saturated heterocycles. The normalized spacial score (nSPS) is 42.5. The molecule has 4 atom stereocenters. The summed E-state index contributed by atoms with van der Waals surface area (Å²) in [4.78, 5) is 0. The summed E-state index contributed by atoms with van der Waals surface area (Å²) >= 11 is 0. The van der Waals surface area contributed by atoms with Gasteiger partial charge in [0.2, 0.25) is 0 Å². The number of nitrogens with two attached hydrogens (primary N) is 1. The highest BCUT2D eigenvalue weighted by Crippen LogP contribution is 2.50. The molecule has 0 spiro atoms. The average Bonchev–Trinajstić information content (AvgIpc) is 2.92. The minimum absolute atomic E-state index is 0.102. The van der Waals surface area contributed by atoms with E-state index in [1.54, 1.807) is 0 Å². The van der Waals surface area contributed by atoms with Gasteiger partial charge >= 0.3 is 0 Å². The van der Waals surface area contributed by atoms with Gasteiger partial charge in [-0.05, 0) is 56.3 Å². The van der Waals surface area contributed by atoms with Gasteiger partial charge in [0, 0.05) is 5.54 Å². The second-order valence-corrected chi connectivity index (χ2v) is 6.59. The van der Waals surface area contributed by atoms with E-state index < -0.39 is 0 Å². The lowest BCUT2D eigenvalue weighted by Gasteiger charge is -2.43. The van der Waals surface area contributed by atoms with Crippen LogP contribution >= 0.6 is 0 Å². The maximum Gasteiger partial charge on any atom is 0.0188 e. The Bertz CT molecular complexity index is 286. The number of hydrogen-bond acceptors (Lipinski definition) is 1. The number of allylic oxidation sites excluding steroid dienone is 2. The molecule has 1 nitrogen and oxygen atoms in total. The molecule has 0 radical (unpaired) electrons. The van der Waals surface area contributed by atoms with Gasteiger partial charge in [-0.15, -0.1) is 0 Å². The van der Waals surface area contributed by atoms with Crippen molar-refractivity contribution in [2.24, 2.45) is 29.4 Å². The summed E-state index contributed by atoms with van der Waals surface area (Å²) in [6.45, 7) is 2.35. The van der Waals surface area contributed by atoms with E-state index in [4.69, 9.17) is 5.73 Å². The van der Waals surface area contributed by atoms with Gasteiger partial charge in [-0.2, -0.15) is 0 Å². The van der Waals surface area contributed by atoms with Gasteiger partial charge in [-0.3, -0.25) is 0 Å². The molecule has 1 heteroatoms. The van der Waals surface area contributed by atoms with Crippen LogP contribution in [-0.4, -0.2) is 5.54 Å². The standard InChI is InChI=1S/C15H25N/c1-15(16,13-5-3-2-4-6-13)14-10-11-7-8-12(14)9-11/h7-8,11-14H,2-6,9-10,16H2,1H3. The molecule has 90 valence electrons. The smallest absolute Gasteiger partial charge is 0.0188 e. The van der Waals surface area contributed by atoms with Crippen molar-refractivity contribution >= 4 is 0 Å². The van der Waals surface area contributed by atoms with Crippen molar-refractivity contribution in [3.63, 3.8) is 0 Å². The number of rotatable bonds is 2. The van der Waals surface area contributed by atoms with E-state index in [0.717, 1.165) is 23.7 Å². The van der Waals surface area contributed by atoms with E-state index >= 15 is 0 Å². The lowest BCUT2D eigenvalue weighted by Crippen LogP contribution is -2.52. The Labute approximate surface area is 99.5 Å². The molecule has 0 aromatic carbocycles. The summed E-state index contributed by atoms with van der Waals surface area (Å²) in [5, 5.41) is 0. The molecule has 3 aliphatic rings. The zero-order valence-corrected chi connectivity index (χ0v) is 10.5. The van der Waals surface area contributed by atoms with Crippen LogP contribution in [0.5, 0.6) is 0 Å². The van der Waals surface area contributed by atoms with Crippen LogP contribution in [0.2, 0.25) is 0 Å². The molecule has 4 unspecified atom stereocenters. The topological polar surface area (TPSA) is 26.0 Å². The summed E-state index contributed by atoms with van der Waals surface area (Å²) in [7, 11) is 0. The summed E-state index contributed by atoms with van der Waals surface area (Å²) in [6, 6.07) is 0. The predicted molar refractivity (Wildman–Crippen MR) is 68.0 cm³/mol. The van der Waals surface area contributed by atoms with E-state index in [0.29, 0.717) is 0 Å². The van der Waals surface area contributed by atoms with Crippen LogP contribution in [0.15, 0.2) is 12.2 Å². The SMILES string of the molecule is CC(N)(C1CCCCC1)C1CC2C=CC1C2. The molecule has 2 saturated carbocycles. The van der Waals surface area contributed by atoms with Gasteiger partial charge in [0.1, 0.15) is 0 Å². The Morgan fingerprint density at radius 3 is 2.38 bits per heavy atom. The molecule has 16 heavy (non-hydrogen) atoms. The molecule has 2 N–H and O–H groups in total. The first kappa shape index (κ1) is 10.8. The summed E-state index contributed by atoms with van der Waals surface area (Å²) in [6.07, 6.45) is 14.7. The van der Waals surface area contributed by atoms with E-state index in [1.165, 1.54) is 44.9 Å². The second kappa shape index (κ2) is 3.87. The van der Waals surface area contributed by atoms with Crippen molar-refractivity contribution in [1.29, 1.82) is 0 Å². The van der Waals surface area contributed by atoms with Crippen molar-refractivity contribution in [1.82, 2.24) is 0 Å². The molecule has 2 bridgehead atoms. The largest absolute Gasteiger partial charge is 0.325 e. The van der Waals surface area contributed by atoms with Gasteiger partial charge in [-0.25, -0.2) is 0 Å². The van der Waals surface area contributed by atoms with Crippen molar-refractivity contribution < 1.29 is 0 Å². The third kappa shape index (κ3) is 1.64. The first-order chi connectivity index (χ1) is 7.68. The first-order valence-electron chi connectivity index (χ1n) is 7.15. The average molecular weight is 219 g/mol. The predicted octanol–water partition coefficient (Wildman–Crippen LogP) is 3.50. The highest BCUT2D eigenvalue weighted by Gasteiger charge is 2.47. The fourth-order valence-corrected chi connectivity index (χ4v) is 4.52. The number of hydrogen-bond donors (Lipinski definition) is 1. The van der Waals surface area contributed by atoms with E-state index in [2.05, 4.69) is 19.1 Å². The molecule has 2 fully saturated rings. The van der Waals surface area contributed by atoms with Crippen LogP contribution in [-0.2, 0) is 0 Å². The zero-order chi connectivity index (χ0) is 11.2. The van der Waals surface area contributed by atoms with Gasteiger partial charge < -0.3 is 5.73 Å². The molecular weight excluding hydrogens is 194 g/mol. The lowest BCUT2D eigenvalue weighted by molar-refractivity contribution is 0.133. The Morgan fingerprint density at radius 1 is 1.06 bits per heavy atom. The van der Waals surface area contributed by atoms with Gasteiger partial charge in [0.25, 0.3) is 0 Å². The minimum Gasteiger partial charge on any atom is -0.325 e. The van der Waals surface area contributed by atoms with Crippen molar-refractivity contribution in [3.8, 4) is 0 Å². The molecular formula is C15H25N. The molecule has 3 aliphatic carbocycles. The van der Waals surface area contributed by atoms with E-state index in [9.17, 15) is 0 Å². The summed E-state index contributed by atoms with van der Waals surface area (Å²) in [5.41, 5.74) is 6.85. The first-order valence-corrected chi connectivity index (χ1v) is 7.15. The van der Waals surface area contributed by atoms with Crippen LogP contribution in [0, 0.1) is 23.7 Å². The zero-order valence-electron chi connectivity index (χ0n) is 10.5. The summed E-state index contributed by atoms with van der Waals surface area (Å²) in [5.74, 6) is 3.23. The maximum atomic E-state index is 6.75. The quantitative estimate of drug-likeness (QED) is 0.707. The van der Waals surface area contributed by atoms with Crippen LogP contribution in [0.4, 0.5) is 0 Å². The third-order valence-electron chi connectivity index (χ3n) is 5.56. The van der Waals surface area contributed by atoms with Crippen LogP contribution < -0.4 is 5.73 Å². The van der Waals surface area contributed by atoms with Gasteiger partial charge in [-0.1, -0.05) is 31.4 Å². The summed E-state index contributed by atoms with van der Waals surface area (Å²) < 4.78 is 0. The van der Waals surface area contributed by atoms with Gasteiger partial charge in [0.05, 0.1) is 0 Å². The van der Waals surface area contributed by atoms with E-state index in [-0.39, 0.29) is 5.54 Å². The van der Waals surface area contributed by atoms with Crippen molar-refractivity contribution in [2.45, 2.75) is 57.4 Å². The fraction of sp³-hybridized carbons (Fsp3) is 0.867. The Balaban J connectivity index is 1.74. The lowest BCUT2D eigenvalue weighted by atomic mass is 9.66. The third-order valence-corrected chi connectivity index (χ3v) is 5.56. The Hall–Kier alpha value is -0.300. The molecule has 0 heterocycles. The molecule has 0 amide bonds. The van der Waals surface area contributed by atoms with Gasteiger partial charge in [0.15, 0.2) is 0 Å². The highest BCUT2D eigenvalue weighted by molar-refractivity contribution is 5.15. The Kier molecular flexibility index (Phi) is 2.62. The molecule has 0 aromatic rings. The van der Waals surface area contributed by atoms with Crippen molar-refractivity contribution in [2.75, 3.05) is 0 Å². The molecule has 0 aromatic heterocycles.